The molecule has 0 amide bonds. The molecule has 0 aliphatic heterocycles. The average molecular weight is 335 g/mol. The first-order valence-corrected chi connectivity index (χ1v) is 7.75. The number of hydrogen-bond donors (Lipinski definition) is 0. The lowest BCUT2D eigenvalue weighted by molar-refractivity contribution is 0.101. The zero-order chi connectivity index (χ0) is 14.8. The summed E-state index contributed by atoms with van der Waals surface area (Å²) in [6.45, 7) is 6.92. The van der Waals surface area contributed by atoms with Gasteiger partial charge < -0.3 is 0 Å². The number of ketones is 1. The molecule has 1 aromatic carbocycles. The van der Waals surface area contributed by atoms with Crippen molar-refractivity contribution >= 4 is 21.7 Å². The van der Waals surface area contributed by atoms with Crippen molar-refractivity contribution in [3.8, 4) is 0 Å². The third-order valence-electron chi connectivity index (χ3n) is 3.13. The number of aromatic nitrogens is 2. The van der Waals surface area contributed by atoms with Gasteiger partial charge in [0.25, 0.3) is 0 Å². The summed E-state index contributed by atoms with van der Waals surface area (Å²) in [6.07, 6.45) is 0. The predicted molar refractivity (Wildman–Crippen MR) is 84.6 cm³/mol. The normalized spacial score (nSPS) is 11.6. The molecule has 4 heteroatoms. The number of hydrogen-bond acceptors (Lipinski definition) is 2. The van der Waals surface area contributed by atoms with Crippen LogP contribution in [-0.4, -0.2) is 20.9 Å². The van der Waals surface area contributed by atoms with Gasteiger partial charge in [-0.15, -0.1) is 0 Å². The molecule has 20 heavy (non-hydrogen) atoms. The molecule has 1 heterocycles. The summed E-state index contributed by atoms with van der Waals surface area (Å²) in [4.78, 5) is 12.1. The Morgan fingerprint density at radius 3 is 2.45 bits per heavy atom. The third kappa shape index (κ3) is 3.37. The number of Topliss-reactive ketones (excluding diaryl/α,β-unsaturated/α-hetero) is 1. The molecule has 0 N–H and O–H groups in total. The maximum absolute atomic E-state index is 12.1. The van der Waals surface area contributed by atoms with Gasteiger partial charge in [0.15, 0.2) is 5.78 Å². The molecule has 0 aliphatic carbocycles. The minimum absolute atomic E-state index is 0.0592. The van der Waals surface area contributed by atoms with E-state index in [-0.39, 0.29) is 11.2 Å². The molecule has 1 aromatic heterocycles. The maximum Gasteiger partial charge on any atom is 0.191 e. The minimum atomic E-state index is -0.0662. The van der Waals surface area contributed by atoms with Gasteiger partial charge in [0.1, 0.15) is 5.69 Å². The van der Waals surface area contributed by atoms with Crippen molar-refractivity contribution in [2.75, 3.05) is 5.33 Å². The summed E-state index contributed by atoms with van der Waals surface area (Å²) in [5.41, 5.74) is 2.68. The van der Waals surface area contributed by atoms with Gasteiger partial charge in [0.05, 0.1) is 17.6 Å². The van der Waals surface area contributed by atoms with E-state index in [2.05, 4.69) is 41.8 Å². The number of benzene rings is 1. The van der Waals surface area contributed by atoms with Crippen molar-refractivity contribution in [1.29, 1.82) is 0 Å². The van der Waals surface area contributed by atoms with E-state index >= 15 is 0 Å². The van der Waals surface area contributed by atoms with E-state index < -0.39 is 0 Å². The van der Waals surface area contributed by atoms with E-state index in [4.69, 9.17) is 0 Å². The van der Waals surface area contributed by atoms with Gasteiger partial charge in [-0.2, -0.15) is 5.10 Å². The second-order valence-corrected chi connectivity index (χ2v) is 6.43. The first-order valence-electron chi connectivity index (χ1n) is 6.63. The van der Waals surface area contributed by atoms with Gasteiger partial charge in [-0.3, -0.25) is 9.48 Å². The summed E-state index contributed by atoms with van der Waals surface area (Å²) < 4.78 is 1.81. The fraction of sp³-hybridized carbons (Fsp3) is 0.375. The van der Waals surface area contributed by atoms with E-state index in [9.17, 15) is 4.79 Å². The van der Waals surface area contributed by atoms with Gasteiger partial charge in [-0.25, -0.2) is 0 Å². The lowest BCUT2D eigenvalue weighted by Gasteiger charge is -2.14. The van der Waals surface area contributed by atoms with Gasteiger partial charge in [-0.05, 0) is 11.6 Å². The molecule has 0 unspecified atom stereocenters. The zero-order valence-electron chi connectivity index (χ0n) is 12.1. The fourth-order valence-electron chi connectivity index (χ4n) is 1.95. The van der Waals surface area contributed by atoms with Crippen molar-refractivity contribution in [3.05, 3.63) is 53.3 Å². The van der Waals surface area contributed by atoms with E-state index in [0.717, 1.165) is 11.3 Å². The molecule has 0 saturated heterocycles. The van der Waals surface area contributed by atoms with Crippen LogP contribution in [0.15, 0.2) is 36.4 Å². The molecule has 0 saturated carbocycles. The molecule has 0 radical (unpaired) electrons. The highest BCUT2D eigenvalue weighted by molar-refractivity contribution is 9.09. The Hall–Kier alpha value is -1.42. The standard InChI is InChI=1S/C16H19BrN2O/c1-16(2,3)15-9-13(14(20)10-17)19(18-15)11-12-7-5-4-6-8-12/h4-9H,10-11H2,1-3H3. The highest BCUT2D eigenvalue weighted by Gasteiger charge is 2.22. The summed E-state index contributed by atoms with van der Waals surface area (Å²) >= 11 is 3.24. The van der Waals surface area contributed by atoms with Crippen LogP contribution in [0, 0.1) is 0 Å². The highest BCUT2D eigenvalue weighted by atomic mass is 79.9. The van der Waals surface area contributed by atoms with Crippen LogP contribution in [0.1, 0.15) is 42.5 Å². The topological polar surface area (TPSA) is 34.9 Å². The van der Waals surface area contributed by atoms with E-state index in [0.29, 0.717) is 17.6 Å². The second kappa shape index (κ2) is 5.92. The number of carbonyl (C=O) groups is 1. The molecular weight excluding hydrogens is 316 g/mol. The Morgan fingerprint density at radius 2 is 1.90 bits per heavy atom. The summed E-state index contributed by atoms with van der Waals surface area (Å²) in [5, 5.41) is 4.94. The zero-order valence-corrected chi connectivity index (χ0v) is 13.6. The van der Waals surface area contributed by atoms with Crippen LogP contribution in [-0.2, 0) is 12.0 Å². The third-order valence-corrected chi connectivity index (χ3v) is 3.64. The minimum Gasteiger partial charge on any atom is -0.292 e. The lowest BCUT2D eigenvalue weighted by atomic mass is 9.92. The molecular formula is C16H19BrN2O. The molecule has 3 nitrogen and oxygen atoms in total. The van der Waals surface area contributed by atoms with Gasteiger partial charge >= 0.3 is 0 Å². The molecule has 0 spiro atoms. The van der Waals surface area contributed by atoms with Crippen molar-refractivity contribution in [2.24, 2.45) is 0 Å². The van der Waals surface area contributed by atoms with Crippen LogP contribution in [0.5, 0.6) is 0 Å². The van der Waals surface area contributed by atoms with Crippen LogP contribution >= 0.6 is 15.9 Å². The van der Waals surface area contributed by atoms with Crippen molar-refractivity contribution in [3.63, 3.8) is 0 Å². The van der Waals surface area contributed by atoms with E-state index in [1.165, 1.54) is 0 Å². The second-order valence-electron chi connectivity index (χ2n) is 5.86. The summed E-state index contributed by atoms with van der Waals surface area (Å²) in [6, 6.07) is 12.0. The number of carbonyl (C=O) groups excluding carboxylic acids is 1. The van der Waals surface area contributed by atoms with Crippen LogP contribution in [0.2, 0.25) is 0 Å². The Kier molecular flexibility index (Phi) is 4.43. The molecule has 0 fully saturated rings. The molecule has 2 rings (SSSR count). The van der Waals surface area contributed by atoms with E-state index in [1.54, 1.807) is 4.68 Å². The SMILES string of the molecule is CC(C)(C)c1cc(C(=O)CBr)n(Cc2ccccc2)n1. The Bertz CT molecular complexity index is 597. The number of nitrogens with zero attached hydrogens (tertiary/aromatic N) is 2. The van der Waals surface area contributed by atoms with Crippen molar-refractivity contribution < 1.29 is 4.79 Å². The number of rotatable bonds is 4. The quantitative estimate of drug-likeness (QED) is 0.629. The first-order chi connectivity index (χ1) is 9.41. The molecule has 2 aromatic rings. The monoisotopic (exact) mass is 334 g/mol. The van der Waals surface area contributed by atoms with Gasteiger partial charge in [0.2, 0.25) is 0 Å². The largest absolute Gasteiger partial charge is 0.292 e. The summed E-state index contributed by atoms with van der Waals surface area (Å²) in [5.74, 6) is 0.0592. The summed E-state index contributed by atoms with van der Waals surface area (Å²) in [7, 11) is 0. The molecule has 0 bridgehead atoms. The van der Waals surface area contributed by atoms with Crippen LogP contribution in [0.4, 0.5) is 0 Å². The number of halogens is 1. The first kappa shape index (κ1) is 15.0. The van der Waals surface area contributed by atoms with E-state index in [1.807, 2.05) is 36.4 Å². The number of alkyl halides is 1. The maximum atomic E-state index is 12.1. The Morgan fingerprint density at radius 1 is 1.25 bits per heavy atom. The molecule has 0 atom stereocenters. The van der Waals surface area contributed by atoms with Crippen LogP contribution < -0.4 is 0 Å². The predicted octanol–water partition coefficient (Wildman–Crippen LogP) is 3.81. The molecule has 0 aliphatic rings. The lowest BCUT2D eigenvalue weighted by Crippen LogP contribution is -2.14. The van der Waals surface area contributed by atoms with Crippen molar-refractivity contribution in [2.45, 2.75) is 32.7 Å². The Labute approximate surface area is 128 Å². The Balaban J connectivity index is 2.40. The van der Waals surface area contributed by atoms with Crippen LogP contribution in [0.3, 0.4) is 0 Å². The van der Waals surface area contributed by atoms with Gasteiger partial charge in [0, 0.05) is 5.41 Å². The average Bonchev–Trinajstić information content (AvgIpc) is 2.83. The highest BCUT2D eigenvalue weighted by Crippen LogP contribution is 2.22. The van der Waals surface area contributed by atoms with Crippen molar-refractivity contribution in [1.82, 2.24) is 9.78 Å². The fourth-order valence-corrected chi connectivity index (χ4v) is 2.24. The smallest absolute Gasteiger partial charge is 0.191 e. The van der Waals surface area contributed by atoms with Gasteiger partial charge in [-0.1, -0.05) is 67.0 Å². The van der Waals surface area contributed by atoms with Crippen LogP contribution in [0.25, 0.3) is 0 Å². The molecule has 106 valence electrons.